The van der Waals surface area contributed by atoms with Gasteiger partial charge in [0.1, 0.15) is 17.2 Å². The number of rotatable bonds is 6. The van der Waals surface area contributed by atoms with E-state index in [0.29, 0.717) is 29.2 Å². The first-order valence-electron chi connectivity index (χ1n) is 14.1. The van der Waals surface area contributed by atoms with Crippen LogP contribution in [0.2, 0.25) is 0 Å². The van der Waals surface area contributed by atoms with Gasteiger partial charge in [0.2, 0.25) is 0 Å². The fourth-order valence-electron chi connectivity index (χ4n) is 5.59. The van der Waals surface area contributed by atoms with Crippen molar-refractivity contribution in [2.75, 3.05) is 18.0 Å². The molecule has 4 aromatic heterocycles. The molecule has 1 N–H and O–H groups in total. The SMILES string of the molecule is O=C(c1ccc(-n2nnc3cccnc32)cc1F)N(c1nccc2cccc(/C=C/c3cccnc3)c12)[C@@H]1CCCNC1. The van der Waals surface area contributed by atoms with Gasteiger partial charge in [0, 0.05) is 42.8 Å². The molecule has 0 spiro atoms. The van der Waals surface area contributed by atoms with Crippen LogP contribution in [0.5, 0.6) is 0 Å². The topological polar surface area (TPSA) is 102 Å². The number of carbonyl (C=O) groups excluding carboxylic acids is 1. The van der Waals surface area contributed by atoms with E-state index in [1.54, 1.807) is 47.9 Å². The Labute approximate surface area is 246 Å². The van der Waals surface area contributed by atoms with E-state index in [0.717, 1.165) is 41.3 Å². The van der Waals surface area contributed by atoms with Gasteiger partial charge >= 0.3 is 0 Å². The first-order chi connectivity index (χ1) is 21.2. The average molecular weight is 571 g/mol. The van der Waals surface area contributed by atoms with Gasteiger partial charge in [0.05, 0.1) is 17.3 Å². The highest BCUT2D eigenvalue weighted by molar-refractivity contribution is 6.12. The lowest BCUT2D eigenvalue weighted by atomic mass is 10.00. The Bertz CT molecular complexity index is 1960. The van der Waals surface area contributed by atoms with E-state index in [-0.39, 0.29) is 11.6 Å². The van der Waals surface area contributed by atoms with Gasteiger partial charge in [-0.05, 0) is 72.3 Å². The normalized spacial score (nSPS) is 15.3. The highest BCUT2D eigenvalue weighted by atomic mass is 19.1. The number of benzene rings is 2. The Hall–Kier alpha value is -5.35. The average Bonchev–Trinajstić information content (AvgIpc) is 3.49. The van der Waals surface area contributed by atoms with Crippen molar-refractivity contribution in [1.82, 2.24) is 35.3 Å². The predicted molar refractivity (Wildman–Crippen MR) is 164 cm³/mol. The number of nitrogens with one attached hydrogen (secondary N) is 1. The number of fused-ring (bicyclic) bond motifs is 2. The van der Waals surface area contributed by atoms with Crippen molar-refractivity contribution >= 4 is 45.8 Å². The summed E-state index contributed by atoms with van der Waals surface area (Å²) in [5, 5.41) is 13.4. The van der Waals surface area contributed by atoms with Gasteiger partial charge in [-0.2, -0.15) is 4.68 Å². The second kappa shape index (κ2) is 11.5. The largest absolute Gasteiger partial charge is 0.315 e. The molecule has 0 bridgehead atoms. The number of aromatic nitrogens is 6. The number of amides is 1. The smallest absolute Gasteiger partial charge is 0.262 e. The van der Waals surface area contributed by atoms with Crippen molar-refractivity contribution in [3.8, 4) is 5.69 Å². The van der Waals surface area contributed by atoms with Crippen LogP contribution in [-0.4, -0.2) is 55.0 Å². The zero-order chi connectivity index (χ0) is 29.2. The third-order valence-corrected chi connectivity index (χ3v) is 7.66. The van der Waals surface area contributed by atoms with E-state index in [4.69, 9.17) is 4.98 Å². The van der Waals surface area contributed by atoms with Crippen molar-refractivity contribution < 1.29 is 9.18 Å². The summed E-state index contributed by atoms with van der Waals surface area (Å²) >= 11 is 0. The number of nitrogens with zero attached hydrogens (tertiary/aromatic N) is 7. The lowest BCUT2D eigenvalue weighted by molar-refractivity contribution is 0.0968. The molecule has 1 saturated heterocycles. The lowest BCUT2D eigenvalue weighted by Crippen LogP contribution is -2.49. The van der Waals surface area contributed by atoms with Gasteiger partial charge < -0.3 is 5.32 Å². The van der Waals surface area contributed by atoms with Crippen molar-refractivity contribution in [3.63, 3.8) is 0 Å². The summed E-state index contributed by atoms with van der Waals surface area (Å²) in [6.45, 7) is 1.44. The summed E-state index contributed by atoms with van der Waals surface area (Å²) in [5.74, 6) is -0.615. The first kappa shape index (κ1) is 26.5. The molecule has 2 aromatic carbocycles. The van der Waals surface area contributed by atoms with Gasteiger partial charge in [-0.3, -0.25) is 14.7 Å². The summed E-state index contributed by atoms with van der Waals surface area (Å²) in [6.07, 6.45) is 12.5. The number of halogens is 1. The van der Waals surface area contributed by atoms with Crippen molar-refractivity contribution in [2.24, 2.45) is 0 Å². The minimum Gasteiger partial charge on any atom is -0.315 e. The van der Waals surface area contributed by atoms with Gasteiger partial charge in [0.15, 0.2) is 5.65 Å². The lowest BCUT2D eigenvalue weighted by Gasteiger charge is -2.35. The summed E-state index contributed by atoms with van der Waals surface area (Å²) < 4.78 is 17.3. The van der Waals surface area contributed by atoms with E-state index >= 15 is 4.39 Å². The molecule has 6 aromatic rings. The van der Waals surface area contributed by atoms with Crippen LogP contribution in [0.1, 0.15) is 34.3 Å². The van der Waals surface area contributed by atoms with Crippen LogP contribution in [0.3, 0.4) is 0 Å². The Morgan fingerprint density at radius 1 is 1.00 bits per heavy atom. The van der Waals surface area contributed by atoms with Crippen LogP contribution in [-0.2, 0) is 0 Å². The maximum Gasteiger partial charge on any atom is 0.262 e. The van der Waals surface area contributed by atoms with Crippen LogP contribution in [0.25, 0.3) is 39.8 Å². The minimum absolute atomic E-state index is 0.0473. The second-order valence-corrected chi connectivity index (χ2v) is 10.4. The van der Waals surface area contributed by atoms with Crippen molar-refractivity contribution in [3.05, 3.63) is 114 Å². The molecule has 5 heterocycles. The van der Waals surface area contributed by atoms with Crippen LogP contribution >= 0.6 is 0 Å². The zero-order valence-corrected chi connectivity index (χ0v) is 23.1. The molecule has 43 heavy (non-hydrogen) atoms. The maximum atomic E-state index is 15.9. The van der Waals surface area contributed by atoms with Crippen LogP contribution < -0.4 is 10.2 Å². The van der Waals surface area contributed by atoms with Gasteiger partial charge in [-0.15, -0.1) is 5.10 Å². The van der Waals surface area contributed by atoms with Gasteiger partial charge in [-0.1, -0.05) is 41.6 Å². The molecule has 1 atom stereocenters. The summed E-state index contributed by atoms with van der Waals surface area (Å²) in [5.41, 5.74) is 3.32. The predicted octanol–water partition coefficient (Wildman–Crippen LogP) is 5.47. The van der Waals surface area contributed by atoms with E-state index in [1.807, 2.05) is 48.6 Å². The summed E-state index contributed by atoms with van der Waals surface area (Å²) in [7, 11) is 0. The monoisotopic (exact) mass is 570 g/mol. The molecule has 1 amide bonds. The number of hydrogen-bond donors (Lipinski definition) is 1. The number of anilines is 1. The molecule has 212 valence electrons. The maximum absolute atomic E-state index is 15.9. The molecule has 9 nitrogen and oxygen atoms in total. The van der Waals surface area contributed by atoms with E-state index in [9.17, 15) is 4.79 Å². The molecular formula is C33H27FN8O. The number of pyridine rings is 3. The van der Waals surface area contributed by atoms with Crippen molar-refractivity contribution in [2.45, 2.75) is 18.9 Å². The molecule has 0 unspecified atom stereocenters. The molecule has 0 aliphatic carbocycles. The molecule has 7 rings (SSSR count). The van der Waals surface area contributed by atoms with Crippen LogP contribution in [0.4, 0.5) is 10.2 Å². The molecule has 0 radical (unpaired) electrons. The Morgan fingerprint density at radius 2 is 1.93 bits per heavy atom. The van der Waals surface area contributed by atoms with Crippen molar-refractivity contribution in [1.29, 1.82) is 0 Å². The second-order valence-electron chi connectivity index (χ2n) is 10.4. The highest BCUT2D eigenvalue weighted by Gasteiger charge is 2.32. The third-order valence-electron chi connectivity index (χ3n) is 7.66. The quantitative estimate of drug-likeness (QED) is 0.284. The van der Waals surface area contributed by atoms with Gasteiger partial charge in [0.25, 0.3) is 5.91 Å². The Balaban J connectivity index is 1.32. The minimum atomic E-state index is -0.659. The van der Waals surface area contributed by atoms with Crippen LogP contribution in [0, 0.1) is 5.82 Å². The van der Waals surface area contributed by atoms with Crippen LogP contribution in [0.15, 0.2) is 91.5 Å². The summed E-state index contributed by atoms with van der Waals surface area (Å²) in [6, 6.07) is 19.5. The molecule has 0 saturated carbocycles. The fraction of sp³-hybridized carbons (Fsp3) is 0.152. The van der Waals surface area contributed by atoms with Gasteiger partial charge in [-0.25, -0.2) is 14.4 Å². The fourth-order valence-corrected chi connectivity index (χ4v) is 5.59. The first-order valence-corrected chi connectivity index (χ1v) is 14.1. The molecule has 10 heteroatoms. The molecule has 1 aliphatic rings. The van der Waals surface area contributed by atoms with E-state index < -0.39 is 11.7 Å². The zero-order valence-electron chi connectivity index (χ0n) is 23.1. The standard InChI is InChI=1S/C33H27FN8O/c34-28-19-25(42-31-29(39-40-42)9-4-17-37-31)12-13-27(28)33(43)41(26-8-3-16-36-21-26)32-30-23(6-1-7-24(30)14-18-38-32)11-10-22-5-2-15-35-20-22/h1-2,4-7,9-15,17-20,26,36H,3,8,16,21H2/b11-10+/t26-/m1/s1. The number of carbonyl (C=O) groups is 1. The van der Waals surface area contributed by atoms with E-state index in [2.05, 4.69) is 25.6 Å². The molecule has 1 aliphatic heterocycles. The summed E-state index contributed by atoms with van der Waals surface area (Å²) in [4.78, 5) is 29.3. The molecule has 1 fully saturated rings. The highest BCUT2D eigenvalue weighted by Crippen LogP contribution is 2.33. The number of piperidine rings is 1. The molecular weight excluding hydrogens is 543 g/mol. The number of hydrogen-bond acceptors (Lipinski definition) is 7. The Kier molecular flexibility index (Phi) is 7.10. The Morgan fingerprint density at radius 3 is 2.77 bits per heavy atom. The third kappa shape index (κ3) is 5.13. The van der Waals surface area contributed by atoms with E-state index in [1.165, 1.54) is 16.8 Å².